The van der Waals surface area contributed by atoms with Gasteiger partial charge in [0.25, 0.3) is 0 Å². The molecule has 72 valence electrons. The molecule has 2 aromatic heterocycles. The minimum atomic E-state index is 0.580. The van der Waals surface area contributed by atoms with E-state index in [-0.39, 0.29) is 0 Å². The Bertz CT molecular complexity index is 492. The van der Waals surface area contributed by atoms with Gasteiger partial charge in [-0.05, 0) is 22.4 Å². The van der Waals surface area contributed by atoms with Crippen LogP contribution in [-0.2, 0) is 6.42 Å². The van der Waals surface area contributed by atoms with Crippen LogP contribution in [0.15, 0.2) is 17.0 Å². The van der Waals surface area contributed by atoms with Crippen molar-refractivity contribution >= 4 is 27.9 Å². The number of rotatable bonds is 2. The maximum atomic E-state index is 10.9. The average Bonchev–Trinajstić information content (AvgIpc) is 2.57. The topological polar surface area (TPSA) is 47.3 Å². The second kappa shape index (κ2) is 3.49. The third-order valence-electron chi connectivity index (χ3n) is 2.05. The van der Waals surface area contributed by atoms with E-state index < -0.39 is 0 Å². The normalized spacial score (nSPS) is 10.7. The van der Waals surface area contributed by atoms with Crippen molar-refractivity contribution in [3.05, 3.63) is 28.4 Å². The fraction of sp³-hybridized carbons (Fsp3) is 0.222. The van der Waals surface area contributed by atoms with Crippen LogP contribution in [0, 0.1) is 0 Å². The molecule has 0 fully saturated rings. The van der Waals surface area contributed by atoms with Gasteiger partial charge in [-0.1, -0.05) is 6.92 Å². The highest BCUT2D eigenvalue weighted by molar-refractivity contribution is 9.10. The number of carbonyl (C=O) groups is 1. The van der Waals surface area contributed by atoms with Crippen LogP contribution in [0.3, 0.4) is 0 Å². The summed E-state index contributed by atoms with van der Waals surface area (Å²) >= 11 is 3.34. The fourth-order valence-corrected chi connectivity index (χ4v) is 1.78. The van der Waals surface area contributed by atoms with Gasteiger partial charge in [-0.3, -0.25) is 9.20 Å². The minimum absolute atomic E-state index is 0.580. The first-order valence-corrected chi connectivity index (χ1v) is 5.02. The van der Waals surface area contributed by atoms with E-state index in [1.807, 2.05) is 6.92 Å². The van der Waals surface area contributed by atoms with Crippen LogP contribution in [0.5, 0.6) is 0 Å². The lowest BCUT2D eigenvalue weighted by molar-refractivity contribution is 0.111. The van der Waals surface area contributed by atoms with Crippen molar-refractivity contribution in [3.63, 3.8) is 0 Å². The fourth-order valence-electron chi connectivity index (χ4n) is 1.39. The largest absolute Gasteiger partial charge is 0.296 e. The van der Waals surface area contributed by atoms with Gasteiger partial charge < -0.3 is 0 Å². The summed E-state index contributed by atoms with van der Waals surface area (Å²) in [5, 5.41) is 0. The molecule has 0 aliphatic carbocycles. The molecule has 0 saturated heterocycles. The third kappa shape index (κ3) is 1.24. The van der Waals surface area contributed by atoms with Gasteiger partial charge in [0.1, 0.15) is 12.0 Å². The summed E-state index contributed by atoms with van der Waals surface area (Å²) in [6.45, 7) is 1.97. The van der Waals surface area contributed by atoms with E-state index in [1.165, 1.54) is 0 Å². The summed E-state index contributed by atoms with van der Waals surface area (Å²) < 4.78 is 2.48. The second-order valence-electron chi connectivity index (χ2n) is 2.85. The Labute approximate surface area is 89.1 Å². The maximum Gasteiger partial charge on any atom is 0.168 e. The summed E-state index contributed by atoms with van der Waals surface area (Å²) in [5.41, 5.74) is 2.11. The molecule has 2 rings (SSSR count). The molecule has 4 nitrogen and oxygen atoms in total. The lowest BCUT2D eigenvalue weighted by Gasteiger charge is -1.95. The van der Waals surface area contributed by atoms with Gasteiger partial charge in [-0.25, -0.2) is 9.97 Å². The maximum absolute atomic E-state index is 10.9. The first kappa shape index (κ1) is 9.33. The second-order valence-corrected chi connectivity index (χ2v) is 3.70. The first-order valence-electron chi connectivity index (χ1n) is 4.23. The molecule has 0 unspecified atom stereocenters. The lowest BCUT2D eigenvalue weighted by atomic mass is 10.3. The SMILES string of the molecule is CCc1nc2c(Br)cncn2c1C=O. The molecular weight excluding hydrogens is 246 g/mol. The monoisotopic (exact) mass is 253 g/mol. The van der Waals surface area contributed by atoms with Crippen LogP contribution in [-0.4, -0.2) is 20.7 Å². The highest BCUT2D eigenvalue weighted by atomic mass is 79.9. The van der Waals surface area contributed by atoms with Gasteiger partial charge in [0.05, 0.1) is 10.2 Å². The number of fused-ring (bicyclic) bond motifs is 1. The van der Waals surface area contributed by atoms with Crippen molar-refractivity contribution in [2.45, 2.75) is 13.3 Å². The van der Waals surface area contributed by atoms with Crippen LogP contribution in [0.25, 0.3) is 5.65 Å². The number of imidazole rings is 1. The molecule has 2 heterocycles. The molecular formula is C9H8BrN3O. The van der Waals surface area contributed by atoms with Crippen molar-refractivity contribution in [1.29, 1.82) is 0 Å². The van der Waals surface area contributed by atoms with Gasteiger partial charge >= 0.3 is 0 Å². The molecule has 0 radical (unpaired) electrons. The summed E-state index contributed by atoms with van der Waals surface area (Å²) in [7, 11) is 0. The number of halogens is 1. The molecule has 0 saturated carbocycles. The van der Waals surface area contributed by atoms with Crippen LogP contribution < -0.4 is 0 Å². The number of aryl methyl sites for hydroxylation is 1. The summed E-state index contributed by atoms with van der Waals surface area (Å²) in [4.78, 5) is 19.2. The van der Waals surface area contributed by atoms with Crippen molar-refractivity contribution in [1.82, 2.24) is 14.4 Å². The Morgan fingerprint density at radius 2 is 2.43 bits per heavy atom. The summed E-state index contributed by atoms with van der Waals surface area (Å²) in [6.07, 6.45) is 4.81. The predicted molar refractivity (Wildman–Crippen MR) is 55.5 cm³/mol. The quantitative estimate of drug-likeness (QED) is 0.768. The Balaban J connectivity index is 2.86. The Hall–Kier alpha value is -1.23. The zero-order chi connectivity index (χ0) is 10.1. The third-order valence-corrected chi connectivity index (χ3v) is 2.61. The van der Waals surface area contributed by atoms with Crippen molar-refractivity contribution < 1.29 is 4.79 Å². The molecule has 0 bridgehead atoms. The average molecular weight is 254 g/mol. The van der Waals surface area contributed by atoms with Crippen LogP contribution in [0.4, 0.5) is 0 Å². The predicted octanol–water partition coefficient (Wildman–Crippen LogP) is 1.87. The van der Waals surface area contributed by atoms with E-state index in [1.54, 1.807) is 16.9 Å². The number of aromatic nitrogens is 3. The van der Waals surface area contributed by atoms with Crippen molar-refractivity contribution in [2.75, 3.05) is 0 Å². The van der Waals surface area contributed by atoms with Gasteiger partial charge in [0, 0.05) is 6.20 Å². The molecule has 0 amide bonds. The number of nitrogens with zero attached hydrogens (tertiary/aromatic N) is 3. The summed E-state index contributed by atoms with van der Waals surface area (Å²) in [5.74, 6) is 0. The number of hydrogen-bond acceptors (Lipinski definition) is 3. The Morgan fingerprint density at radius 1 is 1.64 bits per heavy atom. The van der Waals surface area contributed by atoms with E-state index >= 15 is 0 Å². The van der Waals surface area contributed by atoms with E-state index in [0.29, 0.717) is 5.69 Å². The van der Waals surface area contributed by atoms with Crippen LogP contribution in [0.1, 0.15) is 23.1 Å². The minimum Gasteiger partial charge on any atom is -0.296 e. The van der Waals surface area contributed by atoms with Crippen molar-refractivity contribution in [3.8, 4) is 0 Å². The molecule has 14 heavy (non-hydrogen) atoms. The van der Waals surface area contributed by atoms with Gasteiger partial charge in [-0.2, -0.15) is 0 Å². The number of carbonyl (C=O) groups excluding carboxylic acids is 1. The zero-order valence-corrected chi connectivity index (χ0v) is 9.15. The number of hydrogen-bond donors (Lipinski definition) is 0. The van der Waals surface area contributed by atoms with Crippen LogP contribution in [0.2, 0.25) is 0 Å². The molecule has 0 N–H and O–H groups in total. The van der Waals surface area contributed by atoms with Gasteiger partial charge in [0.2, 0.25) is 0 Å². The first-order chi connectivity index (χ1) is 6.77. The van der Waals surface area contributed by atoms with E-state index in [9.17, 15) is 4.79 Å². The van der Waals surface area contributed by atoms with Gasteiger partial charge in [0.15, 0.2) is 11.9 Å². The highest BCUT2D eigenvalue weighted by Gasteiger charge is 2.11. The summed E-state index contributed by atoms with van der Waals surface area (Å²) in [6, 6.07) is 0. The Morgan fingerprint density at radius 3 is 3.07 bits per heavy atom. The zero-order valence-electron chi connectivity index (χ0n) is 7.57. The molecule has 5 heteroatoms. The van der Waals surface area contributed by atoms with Gasteiger partial charge in [-0.15, -0.1) is 0 Å². The Kier molecular flexibility index (Phi) is 2.33. The smallest absolute Gasteiger partial charge is 0.168 e. The lowest BCUT2D eigenvalue weighted by Crippen LogP contribution is -1.94. The molecule has 0 aliphatic rings. The highest BCUT2D eigenvalue weighted by Crippen LogP contribution is 2.18. The van der Waals surface area contributed by atoms with E-state index in [4.69, 9.17) is 0 Å². The molecule has 0 spiro atoms. The molecule has 0 aromatic carbocycles. The van der Waals surface area contributed by atoms with E-state index in [2.05, 4.69) is 25.9 Å². The number of aldehydes is 1. The molecule has 2 aromatic rings. The van der Waals surface area contributed by atoms with Crippen LogP contribution >= 0.6 is 15.9 Å². The van der Waals surface area contributed by atoms with Crippen molar-refractivity contribution in [2.24, 2.45) is 0 Å². The molecule has 0 atom stereocenters. The van der Waals surface area contributed by atoms with E-state index in [0.717, 1.165) is 28.5 Å². The molecule has 0 aliphatic heterocycles. The standard InChI is InChI=1S/C9H8BrN3O/c1-2-7-8(4-14)13-5-11-3-6(10)9(13)12-7/h3-5H,2H2,1H3.